The van der Waals surface area contributed by atoms with Crippen molar-refractivity contribution in [3.05, 3.63) is 29.8 Å². The van der Waals surface area contributed by atoms with E-state index in [0.29, 0.717) is 0 Å². The molecule has 84 valence electrons. The van der Waals surface area contributed by atoms with Gasteiger partial charge in [-0.25, -0.2) is 0 Å². The molecule has 0 radical (unpaired) electrons. The monoisotopic (exact) mass is 215 g/mol. The Hall–Kier alpha value is -1.31. The van der Waals surface area contributed by atoms with E-state index in [0.717, 1.165) is 23.7 Å². The van der Waals surface area contributed by atoms with Gasteiger partial charge in [0.25, 0.3) is 0 Å². The molecule has 1 aliphatic heterocycles. The lowest BCUT2D eigenvalue weighted by atomic mass is 10.0. The van der Waals surface area contributed by atoms with Gasteiger partial charge in [0.1, 0.15) is 6.29 Å². The van der Waals surface area contributed by atoms with Crippen LogP contribution >= 0.6 is 0 Å². The van der Waals surface area contributed by atoms with Gasteiger partial charge in [-0.05, 0) is 48.9 Å². The van der Waals surface area contributed by atoms with Crippen molar-refractivity contribution in [1.82, 2.24) is 0 Å². The lowest BCUT2D eigenvalue weighted by Crippen LogP contribution is -2.20. The summed E-state index contributed by atoms with van der Waals surface area (Å²) in [7, 11) is 0. The summed E-state index contributed by atoms with van der Waals surface area (Å²) in [6.07, 6.45) is 5.15. The third kappa shape index (κ3) is 1.62. The van der Waals surface area contributed by atoms with E-state index in [2.05, 4.69) is 17.0 Å². The lowest BCUT2D eigenvalue weighted by molar-refractivity contribution is 0.112. The third-order valence-corrected chi connectivity index (χ3v) is 4.12. The molecule has 2 nitrogen and oxygen atoms in total. The number of rotatable bonds is 2. The minimum Gasteiger partial charge on any atom is -0.371 e. The Balaban J connectivity index is 1.75. The van der Waals surface area contributed by atoms with Crippen LogP contribution in [-0.4, -0.2) is 19.4 Å². The molecule has 16 heavy (non-hydrogen) atoms. The number of hydrogen-bond acceptors (Lipinski definition) is 2. The fourth-order valence-corrected chi connectivity index (χ4v) is 3.21. The predicted molar refractivity (Wildman–Crippen MR) is 64.9 cm³/mol. The first-order valence-electron chi connectivity index (χ1n) is 6.17. The Bertz CT molecular complexity index is 372. The van der Waals surface area contributed by atoms with Crippen LogP contribution in [0.25, 0.3) is 0 Å². The summed E-state index contributed by atoms with van der Waals surface area (Å²) in [6, 6.07) is 7.97. The molecule has 1 saturated carbocycles. The highest BCUT2D eigenvalue weighted by molar-refractivity contribution is 5.75. The molecule has 1 aromatic rings. The number of hydrogen-bond donors (Lipinski definition) is 0. The van der Waals surface area contributed by atoms with Crippen LogP contribution in [0.2, 0.25) is 0 Å². The molecule has 2 heteroatoms. The van der Waals surface area contributed by atoms with E-state index in [9.17, 15) is 4.79 Å². The van der Waals surface area contributed by atoms with Gasteiger partial charge in [-0.1, -0.05) is 6.42 Å². The Morgan fingerprint density at radius 2 is 1.69 bits per heavy atom. The second-order valence-corrected chi connectivity index (χ2v) is 5.07. The molecular weight excluding hydrogens is 198 g/mol. The van der Waals surface area contributed by atoms with Crippen molar-refractivity contribution in [3.63, 3.8) is 0 Å². The van der Waals surface area contributed by atoms with Crippen molar-refractivity contribution in [1.29, 1.82) is 0 Å². The van der Waals surface area contributed by atoms with E-state index in [1.165, 1.54) is 38.0 Å². The number of fused-ring (bicyclic) bond motifs is 1. The fourth-order valence-electron chi connectivity index (χ4n) is 3.21. The smallest absolute Gasteiger partial charge is 0.150 e. The second kappa shape index (κ2) is 3.93. The predicted octanol–water partition coefficient (Wildman–Crippen LogP) is 2.74. The molecule has 2 unspecified atom stereocenters. The maximum Gasteiger partial charge on any atom is 0.150 e. The van der Waals surface area contributed by atoms with Gasteiger partial charge in [-0.3, -0.25) is 4.79 Å². The summed E-state index contributed by atoms with van der Waals surface area (Å²) in [5, 5.41) is 0. The summed E-state index contributed by atoms with van der Waals surface area (Å²) in [4.78, 5) is 13.1. The number of carbonyl (C=O) groups excluding carboxylic acids is 1. The van der Waals surface area contributed by atoms with Gasteiger partial charge in [0.2, 0.25) is 0 Å². The van der Waals surface area contributed by atoms with E-state index in [-0.39, 0.29) is 0 Å². The number of benzene rings is 1. The first-order chi connectivity index (χ1) is 7.86. The van der Waals surface area contributed by atoms with Gasteiger partial charge in [0.05, 0.1) is 0 Å². The number of anilines is 1. The largest absolute Gasteiger partial charge is 0.371 e. The first kappa shape index (κ1) is 9.88. The summed E-state index contributed by atoms with van der Waals surface area (Å²) in [5.41, 5.74) is 2.04. The Kier molecular flexibility index (Phi) is 2.43. The number of nitrogens with zero attached hydrogens (tertiary/aromatic N) is 1. The van der Waals surface area contributed by atoms with Crippen molar-refractivity contribution in [2.24, 2.45) is 11.8 Å². The highest BCUT2D eigenvalue weighted by Gasteiger charge is 2.35. The van der Waals surface area contributed by atoms with Crippen LogP contribution in [0.3, 0.4) is 0 Å². The molecule has 0 N–H and O–H groups in total. The maximum atomic E-state index is 10.6. The van der Waals surface area contributed by atoms with E-state index >= 15 is 0 Å². The van der Waals surface area contributed by atoms with Crippen molar-refractivity contribution in [3.8, 4) is 0 Å². The highest BCUT2D eigenvalue weighted by atomic mass is 16.1. The molecule has 2 aliphatic rings. The van der Waals surface area contributed by atoms with Crippen molar-refractivity contribution in [2.75, 3.05) is 18.0 Å². The van der Waals surface area contributed by atoms with Crippen LogP contribution in [0, 0.1) is 11.8 Å². The Labute approximate surface area is 96.3 Å². The van der Waals surface area contributed by atoms with Gasteiger partial charge in [0, 0.05) is 24.3 Å². The molecule has 0 aromatic heterocycles. The summed E-state index contributed by atoms with van der Waals surface area (Å²) < 4.78 is 0. The van der Waals surface area contributed by atoms with E-state index in [1.807, 2.05) is 12.1 Å². The van der Waals surface area contributed by atoms with Crippen LogP contribution in [0.1, 0.15) is 29.6 Å². The molecule has 1 heterocycles. The zero-order valence-electron chi connectivity index (χ0n) is 9.43. The lowest BCUT2D eigenvalue weighted by Gasteiger charge is -2.19. The molecule has 1 aliphatic carbocycles. The zero-order valence-corrected chi connectivity index (χ0v) is 9.43. The summed E-state index contributed by atoms with van der Waals surface area (Å²) >= 11 is 0. The minimum atomic E-state index is 0.767. The Morgan fingerprint density at radius 3 is 2.25 bits per heavy atom. The van der Waals surface area contributed by atoms with E-state index in [4.69, 9.17) is 0 Å². The standard InChI is InChI=1S/C14H17NO/c16-10-11-4-6-14(7-5-11)15-8-12-2-1-3-13(12)9-15/h4-7,10,12-13H,1-3,8-9H2. The average Bonchev–Trinajstić information content (AvgIpc) is 2.89. The molecule has 0 amide bonds. The summed E-state index contributed by atoms with van der Waals surface area (Å²) in [5.74, 6) is 1.84. The zero-order chi connectivity index (χ0) is 11.0. The maximum absolute atomic E-state index is 10.6. The van der Waals surface area contributed by atoms with Crippen molar-refractivity contribution < 1.29 is 4.79 Å². The van der Waals surface area contributed by atoms with Gasteiger partial charge >= 0.3 is 0 Å². The van der Waals surface area contributed by atoms with Crippen LogP contribution < -0.4 is 4.90 Å². The summed E-state index contributed by atoms with van der Waals surface area (Å²) in [6.45, 7) is 2.43. The molecular formula is C14H17NO. The molecule has 2 fully saturated rings. The topological polar surface area (TPSA) is 20.3 Å². The van der Waals surface area contributed by atoms with E-state index < -0.39 is 0 Å². The normalized spacial score (nSPS) is 28.1. The third-order valence-electron chi connectivity index (χ3n) is 4.12. The first-order valence-corrected chi connectivity index (χ1v) is 6.17. The Morgan fingerprint density at radius 1 is 1.06 bits per heavy atom. The molecule has 3 rings (SSSR count). The molecule has 1 saturated heterocycles. The SMILES string of the molecule is O=Cc1ccc(N2CC3CCCC3C2)cc1. The van der Waals surface area contributed by atoms with E-state index in [1.54, 1.807) is 0 Å². The highest BCUT2D eigenvalue weighted by Crippen LogP contribution is 2.39. The van der Waals surface area contributed by atoms with Crippen molar-refractivity contribution >= 4 is 12.0 Å². The van der Waals surface area contributed by atoms with Gasteiger partial charge < -0.3 is 4.90 Å². The van der Waals surface area contributed by atoms with Crippen molar-refractivity contribution in [2.45, 2.75) is 19.3 Å². The number of carbonyl (C=O) groups is 1. The molecule has 0 spiro atoms. The molecule has 1 aromatic carbocycles. The van der Waals surface area contributed by atoms with Gasteiger partial charge in [-0.15, -0.1) is 0 Å². The quantitative estimate of drug-likeness (QED) is 0.707. The van der Waals surface area contributed by atoms with Crippen LogP contribution in [-0.2, 0) is 0 Å². The average molecular weight is 215 g/mol. The van der Waals surface area contributed by atoms with Crippen LogP contribution in [0.5, 0.6) is 0 Å². The fraction of sp³-hybridized carbons (Fsp3) is 0.500. The molecule has 0 bridgehead atoms. The number of aldehydes is 1. The molecule has 2 atom stereocenters. The van der Waals surface area contributed by atoms with Crippen LogP contribution in [0.4, 0.5) is 5.69 Å². The van der Waals surface area contributed by atoms with Crippen LogP contribution in [0.15, 0.2) is 24.3 Å². The second-order valence-electron chi connectivity index (χ2n) is 5.07. The van der Waals surface area contributed by atoms with Gasteiger partial charge in [-0.2, -0.15) is 0 Å². The van der Waals surface area contributed by atoms with Gasteiger partial charge in [0.15, 0.2) is 0 Å². The minimum absolute atomic E-state index is 0.767.